The first-order valence-electron chi connectivity index (χ1n) is 16.3. The summed E-state index contributed by atoms with van der Waals surface area (Å²) in [7, 11) is 2.84. The number of methoxy groups -OCH3 is 1. The van der Waals surface area contributed by atoms with Crippen molar-refractivity contribution in [1.29, 1.82) is 0 Å². The normalized spacial score (nSPS) is 23.9. The van der Waals surface area contributed by atoms with E-state index in [0.29, 0.717) is 37.9 Å². The molecule has 48 heavy (non-hydrogen) atoms. The van der Waals surface area contributed by atoms with Gasteiger partial charge >= 0.3 is 5.97 Å². The number of amides is 5. The molecule has 1 aromatic carbocycles. The number of fused-ring (bicyclic) bond motifs is 3. The molecular weight excluding hydrogens is 622 g/mol. The van der Waals surface area contributed by atoms with Crippen LogP contribution in [0.3, 0.4) is 0 Å². The third-order valence-corrected chi connectivity index (χ3v) is 8.57. The number of carbonyl (C=O) groups excluding carboxylic acids is 6. The number of esters is 1. The molecule has 1 saturated heterocycles. The van der Waals surface area contributed by atoms with Crippen molar-refractivity contribution in [1.82, 2.24) is 46.5 Å². The smallest absolute Gasteiger partial charge is 0.328 e. The van der Waals surface area contributed by atoms with Gasteiger partial charge < -0.3 is 36.2 Å². The highest BCUT2D eigenvalue weighted by molar-refractivity contribution is 5.97. The Labute approximate surface area is 279 Å². The highest BCUT2D eigenvalue weighted by Crippen LogP contribution is 2.20. The predicted octanol–water partition coefficient (Wildman–Crippen LogP) is -1.06. The van der Waals surface area contributed by atoms with Crippen molar-refractivity contribution in [3.05, 3.63) is 47.8 Å². The quantitative estimate of drug-likeness (QED) is 0.236. The topological polar surface area (TPSA) is 206 Å². The summed E-state index contributed by atoms with van der Waals surface area (Å²) in [6, 6.07) is 4.22. The average molecular weight is 668 g/mol. The largest absolute Gasteiger partial charge is 0.467 e. The van der Waals surface area contributed by atoms with E-state index in [2.05, 4.69) is 36.9 Å². The minimum atomic E-state index is -1.25. The fraction of sp³-hybridized carbons (Fsp3) is 0.562. The number of rotatable bonds is 6. The summed E-state index contributed by atoms with van der Waals surface area (Å²) in [5.41, 5.74) is 1.27. The Morgan fingerprint density at radius 1 is 1.02 bits per heavy atom. The lowest BCUT2D eigenvalue weighted by atomic mass is 10.0. The zero-order valence-corrected chi connectivity index (χ0v) is 27.6. The number of aromatic nitrogens is 3. The number of likely N-dealkylation sites (N-methyl/N-ethyl adjacent to an activating group) is 1. The van der Waals surface area contributed by atoms with Gasteiger partial charge in [0.2, 0.25) is 29.5 Å². The van der Waals surface area contributed by atoms with Crippen LogP contribution in [0.1, 0.15) is 56.7 Å². The zero-order valence-electron chi connectivity index (χ0n) is 27.6. The maximum Gasteiger partial charge on any atom is 0.328 e. The van der Waals surface area contributed by atoms with Crippen molar-refractivity contribution in [2.75, 3.05) is 20.7 Å². The summed E-state index contributed by atoms with van der Waals surface area (Å²) in [5, 5.41) is 22.0. The van der Waals surface area contributed by atoms with Crippen LogP contribution >= 0.6 is 0 Å². The van der Waals surface area contributed by atoms with Gasteiger partial charge in [-0.3, -0.25) is 28.7 Å². The van der Waals surface area contributed by atoms with Crippen molar-refractivity contribution in [2.24, 2.45) is 0 Å². The van der Waals surface area contributed by atoms with E-state index in [1.165, 1.54) is 12.0 Å². The molecule has 5 atom stereocenters. The molecular formula is C32H45N9O7. The molecule has 4 rings (SSSR count). The van der Waals surface area contributed by atoms with Crippen molar-refractivity contribution >= 4 is 35.5 Å². The Hall–Kier alpha value is -4.86. The van der Waals surface area contributed by atoms with Gasteiger partial charge in [0.05, 0.1) is 32.3 Å². The number of benzene rings is 1. The number of carbonyl (C=O) groups is 6. The van der Waals surface area contributed by atoms with Crippen molar-refractivity contribution in [3.8, 4) is 0 Å². The fourth-order valence-corrected chi connectivity index (χ4v) is 5.72. The molecule has 16 nitrogen and oxygen atoms in total. The molecule has 3 heterocycles. The van der Waals surface area contributed by atoms with Gasteiger partial charge in [0.25, 0.3) is 0 Å². The van der Waals surface area contributed by atoms with Crippen LogP contribution in [0.2, 0.25) is 0 Å². The molecule has 0 aliphatic carbocycles. The lowest BCUT2D eigenvalue weighted by molar-refractivity contribution is -0.146. The van der Waals surface area contributed by atoms with Gasteiger partial charge in [-0.05, 0) is 51.6 Å². The van der Waals surface area contributed by atoms with E-state index in [1.807, 2.05) is 30.3 Å². The first kappa shape index (κ1) is 36.0. The summed E-state index contributed by atoms with van der Waals surface area (Å²) < 4.78 is 6.58. The lowest BCUT2D eigenvalue weighted by Gasteiger charge is -2.30. The van der Waals surface area contributed by atoms with Crippen molar-refractivity contribution < 1.29 is 33.5 Å². The van der Waals surface area contributed by atoms with Gasteiger partial charge in [-0.1, -0.05) is 35.5 Å². The molecule has 0 saturated carbocycles. The van der Waals surface area contributed by atoms with E-state index in [1.54, 1.807) is 24.9 Å². The average Bonchev–Trinajstić information content (AvgIpc) is 3.77. The number of hydrogen-bond acceptors (Lipinski definition) is 10. The van der Waals surface area contributed by atoms with E-state index in [4.69, 9.17) is 4.74 Å². The van der Waals surface area contributed by atoms with Crippen LogP contribution in [-0.2, 0) is 53.0 Å². The van der Waals surface area contributed by atoms with Crippen LogP contribution in [0.4, 0.5) is 0 Å². The fourth-order valence-electron chi connectivity index (χ4n) is 5.72. The maximum absolute atomic E-state index is 13.9. The van der Waals surface area contributed by atoms with Crippen LogP contribution < -0.4 is 26.6 Å². The summed E-state index contributed by atoms with van der Waals surface area (Å²) in [6.07, 6.45) is 3.69. The van der Waals surface area contributed by atoms with E-state index in [9.17, 15) is 28.8 Å². The third kappa shape index (κ3) is 9.82. The molecule has 1 aromatic heterocycles. The Morgan fingerprint density at radius 3 is 2.52 bits per heavy atom. The molecule has 0 unspecified atom stereocenters. The lowest BCUT2D eigenvalue weighted by Crippen LogP contribution is -2.59. The second-order valence-corrected chi connectivity index (χ2v) is 12.0. The van der Waals surface area contributed by atoms with Crippen LogP contribution in [0, 0.1) is 0 Å². The van der Waals surface area contributed by atoms with Crippen molar-refractivity contribution in [3.63, 3.8) is 0 Å². The number of hydrogen-bond donors (Lipinski definition) is 5. The van der Waals surface area contributed by atoms with Crippen LogP contribution in [-0.4, -0.2) is 106 Å². The van der Waals surface area contributed by atoms with Crippen molar-refractivity contribution in [2.45, 2.75) is 95.2 Å². The predicted molar refractivity (Wildman–Crippen MR) is 172 cm³/mol. The summed E-state index contributed by atoms with van der Waals surface area (Å²) in [6.45, 7) is 2.36. The second-order valence-electron chi connectivity index (χ2n) is 12.0. The van der Waals surface area contributed by atoms with Crippen LogP contribution in [0.25, 0.3) is 0 Å². The first-order chi connectivity index (χ1) is 23.1. The summed E-state index contributed by atoms with van der Waals surface area (Å²) in [4.78, 5) is 81.4. The minimum Gasteiger partial charge on any atom is -0.467 e. The highest BCUT2D eigenvalue weighted by atomic mass is 16.5. The monoisotopic (exact) mass is 667 g/mol. The minimum absolute atomic E-state index is 0.0502. The van der Waals surface area contributed by atoms with E-state index in [0.717, 1.165) is 5.56 Å². The highest BCUT2D eigenvalue weighted by Gasteiger charge is 2.40. The van der Waals surface area contributed by atoms with Gasteiger partial charge in [0, 0.05) is 19.5 Å². The number of nitrogens with zero attached hydrogens (tertiary/aromatic N) is 4. The van der Waals surface area contributed by atoms with Crippen LogP contribution in [0.5, 0.6) is 0 Å². The standard InChI is InChI=1S/C32H45N9O7/c1-20(33-2)28(43)37-25-17-27(42)34-18-22-19-40(39-38-22)14-8-7-12-23(32(47)48-3)35-29(44)24(16-21-10-5-4-6-11-21)36-30(45)26-13-9-15-41(26)31(25)46/h4-6,10-11,19-20,23-26,33H,7-9,12-18H2,1-3H3,(H,34,42)(H,35,44)(H,36,45)(H,37,43)/t20-,23-,24-,25-,26-/m0/s1. The van der Waals surface area contributed by atoms with Gasteiger partial charge in [0.15, 0.2) is 0 Å². The molecule has 2 aliphatic rings. The summed E-state index contributed by atoms with van der Waals surface area (Å²) in [5.74, 6) is -3.33. The molecule has 2 bridgehead atoms. The molecule has 0 radical (unpaired) electrons. The molecule has 5 amide bonds. The second kappa shape index (κ2) is 17.3. The Morgan fingerprint density at radius 2 is 1.79 bits per heavy atom. The molecule has 16 heteroatoms. The Bertz CT molecular complexity index is 1450. The number of aryl methyl sites for hydroxylation is 1. The van der Waals surface area contributed by atoms with Gasteiger partial charge in [0.1, 0.15) is 29.9 Å². The Kier molecular flexibility index (Phi) is 13.0. The van der Waals surface area contributed by atoms with Gasteiger partial charge in [-0.25, -0.2) is 4.79 Å². The SMILES string of the molecule is CN[C@@H](C)C(=O)N[C@H]1CC(=O)NCc2cn(nn2)CCCC[C@@H](C(=O)OC)NC(=O)[C@H](Cc2ccccc2)NC(=O)[C@@H]2CCCN2C1=O. The van der Waals surface area contributed by atoms with Gasteiger partial charge in [-0.15, -0.1) is 5.10 Å². The Balaban J connectivity index is 1.64. The zero-order chi connectivity index (χ0) is 34.6. The third-order valence-electron chi connectivity index (χ3n) is 8.57. The van der Waals surface area contributed by atoms with Crippen LogP contribution in [0.15, 0.2) is 36.5 Å². The molecule has 0 spiro atoms. The van der Waals surface area contributed by atoms with Gasteiger partial charge in [-0.2, -0.15) is 0 Å². The van der Waals surface area contributed by atoms with E-state index >= 15 is 0 Å². The first-order valence-corrected chi connectivity index (χ1v) is 16.3. The molecule has 260 valence electrons. The molecule has 2 aliphatic heterocycles. The van der Waals surface area contributed by atoms with E-state index in [-0.39, 0.29) is 32.4 Å². The van der Waals surface area contributed by atoms with E-state index < -0.39 is 65.7 Å². The number of nitrogens with one attached hydrogen (secondary N) is 5. The molecule has 1 fully saturated rings. The summed E-state index contributed by atoms with van der Waals surface area (Å²) >= 11 is 0. The molecule has 2 aromatic rings. The maximum atomic E-state index is 13.9. The molecule has 5 N–H and O–H groups in total. The number of ether oxygens (including phenoxy) is 1.